The molecule has 25 heteroatoms. The molecule has 4 aromatic rings. The average molecular weight is 1300 g/mol. The highest BCUT2D eigenvalue weighted by Crippen LogP contribution is 2.21. The summed E-state index contributed by atoms with van der Waals surface area (Å²) in [5.74, 6) is -6.91. The molecule has 0 radical (unpaired) electrons. The first-order chi connectivity index (χ1) is 43.2. The van der Waals surface area contributed by atoms with Crippen LogP contribution >= 0.6 is 0 Å². The Kier molecular flexibility index (Phi) is 40.3. The molecular formula is C68H98N8O17. The van der Waals surface area contributed by atoms with Crippen LogP contribution in [0.5, 0.6) is 0 Å². The maximum Gasteiger partial charge on any atom is 0.322 e. The molecule has 4 atom stereocenters. The number of rotatable bonds is 32. The zero-order valence-electron chi connectivity index (χ0n) is 55.5. The van der Waals surface area contributed by atoms with E-state index in [1.807, 2.05) is 97.1 Å². The first-order valence-corrected chi connectivity index (χ1v) is 30.6. The normalized spacial score (nSPS) is 11.7. The second-order valence-corrected chi connectivity index (χ2v) is 23.8. The Labute approximate surface area is 545 Å². The number of hydrogen-bond donors (Lipinski definition) is 12. The minimum atomic E-state index is -1.13. The van der Waals surface area contributed by atoms with E-state index in [0.717, 1.165) is 47.9 Å². The van der Waals surface area contributed by atoms with Crippen molar-refractivity contribution in [3.63, 3.8) is 0 Å². The number of carbonyl (C=O) groups is 12. The lowest BCUT2D eigenvalue weighted by atomic mass is 9.96. The minimum absolute atomic E-state index is 0. The van der Waals surface area contributed by atoms with Gasteiger partial charge in [0.25, 0.3) is 0 Å². The van der Waals surface area contributed by atoms with Crippen LogP contribution in [0.15, 0.2) is 97.1 Å². The summed E-state index contributed by atoms with van der Waals surface area (Å²) in [4.78, 5) is 135. The van der Waals surface area contributed by atoms with Crippen LogP contribution < -0.4 is 42.5 Å². The molecule has 0 aliphatic heterocycles. The third-order valence-corrected chi connectivity index (χ3v) is 13.5. The van der Waals surface area contributed by atoms with E-state index in [9.17, 15) is 57.5 Å². The van der Waals surface area contributed by atoms with E-state index in [1.165, 1.54) is 22.3 Å². The van der Waals surface area contributed by atoms with Gasteiger partial charge < -0.3 is 68.4 Å². The quantitative estimate of drug-likeness (QED) is 0.0322. The van der Waals surface area contributed by atoms with Crippen LogP contribution in [0.25, 0.3) is 0 Å². The highest BCUT2D eigenvalue weighted by molar-refractivity contribution is 5.92. The SMILES string of the molecule is CC(C)Cc1ccc(C(C)C(=O)NCC(=O)NCC(=O)O)cc1.CC(C)Cc1ccc(C(C)C(=O)NCC(=O)NCC(=O)O)cc1.CC(C)Cc1ccc(C(C)C(=O)NCC(=O)NCC(=O)O)cc1.CC(C)Cc1ccc(C(C)C(=O)NCC(=O)NCC(=O)O)cc1.O. The van der Waals surface area contributed by atoms with Gasteiger partial charge in [0.15, 0.2) is 0 Å². The maximum atomic E-state index is 12.0. The Bertz CT molecular complexity index is 2620. The molecule has 0 heterocycles. The summed E-state index contributed by atoms with van der Waals surface area (Å²) in [6.07, 6.45) is 3.96. The van der Waals surface area contributed by atoms with Crippen LogP contribution in [0.1, 0.15) is 151 Å². The highest BCUT2D eigenvalue weighted by Gasteiger charge is 2.21. The van der Waals surface area contributed by atoms with E-state index in [0.29, 0.717) is 23.7 Å². The van der Waals surface area contributed by atoms with E-state index in [2.05, 4.69) is 97.9 Å². The van der Waals surface area contributed by atoms with Crippen molar-refractivity contribution in [2.45, 2.75) is 132 Å². The van der Waals surface area contributed by atoms with Gasteiger partial charge in [-0.1, -0.05) is 152 Å². The van der Waals surface area contributed by atoms with Gasteiger partial charge >= 0.3 is 23.9 Å². The third kappa shape index (κ3) is 38.1. The Morgan fingerprint density at radius 1 is 0.258 bits per heavy atom. The maximum absolute atomic E-state index is 12.0. The molecule has 93 heavy (non-hydrogen) atoms. The standard InChI is InChI=1S/4C17H24N2O4.H2O/c4*1-11(2)8-13-4-6-14(7-5-13)12(3)17(23)19-9-15(20)18-10-16(21)22;/h4*4-7,11-12H,8-10H2,1-3H3,(H,18,20)(H,19,23)(H,21,22);1H2. The average Bonchev–Trinajstić information content (AvgIpc) is 1.30. The molecule has 8 amide bonds. The van der Waals surface area contributed by atoms with Gasteiger partial charge in [-0.2, -0.15) is 0 Å². The summed E-state index contributed by atoms with van der Waals surface area (Å²) >= 11 is 0. The van der Waals surface area contributed by atoms with Crippen molar-refractivity contribution in [1.82, 2.24) is 42.5 Å². The fourth-order valence-electron chi connectivity index (χ4n) is 8.49. The predicted molar refractivity (Wildman–Crippen MR) is 352 cm³/mol. The Balaban J connectivity index is 0.00000121. The monoisotopic (exact) mass is 1300 g/mol. The highest BCUT2D eigenvalue weighted by atomic mass is 16.4. The van der Waals surface area contributed by atoms with Crippen molar-refractivity contribution < 1.29 is 83.4 Å². The lowest BCUT2D eigenvalue weighted by Crippen LogP contribution is -2.40. The molecule has 0 saturated heterocycles. The van der Waals surface area contributed by atoms with E-state index < -0.39 is 73.7 Å². The zero-order valence-corrected chi connectivity index (χ0v) is 55.5. The molecule has 14 N–H and O–H groups in total. The van der Waals surface area contributed by atoms with Crippen LogP contribution in [0.2, 0.25) is 0 Å². The van der Waals surface area contributed by atoms with Crippen molar-refractivity contribution in [2.75, 3.05) is 52.4 Å². The van der Waals surface area contributed by atoms with Crippen molar-refractivity contribution in [1.29, 1.82) is 0 Å². The topological polar surface area (TPSA) is 413 Å². The molecule has 0 spiro atoms. The summed E-state index contributed by atoms with van der Waals surface area (Å²) in [5.41, 5.74) is 8.41. The zero-order chi connectivity index (χ0) is 69.6. The fraction of sp³-hybridized carbons (Fsp3) is 0.471. The summed E-state index contributed by atoms with van der Waals surface area (Å²) in [7, 11) is 0. The molecule has 0 aromatic heterocycles. The molecular weight excluding hydrogens is 1200 g/mol. The van der Waals surface area contributed by atoms with Crippen molar-refractivity contribution in [2.24, 2.45) is 23.7 Å². The predicted octanol–water partition coefficient (Wildman–Crippen LogP) is 4.40. The van der Waals surface area contributed by atoms with Gasteiger partial charge in [0.2, 0.25) is 47.3 Å². The first-order valence-electron chi connectivity index (χ1n) is 30.6. The van der Waals surface area contributed by atoms with Crippen LogP contribution in [0.4, 0.5) is 0 Å². The summed E-state index contributed by atoms with van der Waals surface area (Å²) in [6.45, 7) is 21.5. The molecule has 0 bridgehead atoms. The first kappa shape index (κ1) is 83.5. The smallest absolute Gasteiger partial charge is 0.322 e. The number of benzene rings is 4. The van der Waals surface area contributed by atoms with Crippen LogP contribution in [0.3, 0.4) is 0 Å². The number of amides is 8. The van der Waals surface area contributed by atoms with Gasteiger partial charge in [-0.15, -0.1) is 0 Å². The molecule has 4 rings (SSSR count). The Hall–Kier alpha value is -9.52. The van der Waals surface area contributed by atoms with Gasteiger partial charge in [0.1, 0.15) is 26.2 Å². The van der Waals surface area contributed by atoms with E-state index in [4.69, 9.17) is 20.4 Å². The number of carboxylic acids is 4. The van der Waals surface area contributed by atoms with Gasteiger partial charge in [-0.25, -0.2) is 0 Å². The Morgan fingerprint density at radius 3 is 0.538 bits per heavy atom. The van der Waals surface area contributed by atoms with Crippen LogP contribution in [-0.2, 0) is 83.2 Å². The molecule has 0 aliphatic rings. The molecule has 0 saturated carbocycles. The second kappa shape index (κ2) is 44.9. The van der Waals surface area contributed by atoms with Gasteiger partial charge in [-0.3, -0.25) is 57.5 Å². The van der Waals surface area contributed by atoms with Crippen molar-refractivity contribution in [3.05, 3.63) is 142 Å². The summed E-state index contributed by atoms with van der Waals surface area (Å²) in [6, 6.07) is 31.5. The van der Waals surface area contributed by atoms with Crippen LogP contribution in [0, 0.1) is 23.7 Å². The molecule has 512 valence electrons. The lowest BCUT2D eigenvalue weighted by molar-refractivity contribution is -0.138. The number of hydrogen-bond acceptors (Lipinski definition) is 12. The number of nitrogens with one attached hydrogen (secondary N) is 8. The molecule has 0 fully saturated rings. The lowest BCUT2D eigenvalue weighted by Gasteiger charge is -2.13. The van der Waals surface area contributed by atoms with Gasteiger partial charge in [0.05, 0.1) is 49.9 Å². The summed E-state index contributed by atoms with van der Waals surface area (Å²) in [5, 5.41) is 52.6. The van der Waals surface area contributed by atoms with E-state index >= 15 is 0 Å². The number of carboxylic acid groups (broad SMARTS) is 4. The largest absolute Gasteiger partial charge is 0.480 e. The van der Waals surface area contributed by atoms with Gasteiger partial charge in [0, 0.05) is 0 Å². The summed E-state index contributed by atoms with van der Waals surface area (Å²) < 4.78 is 0. The fourth-order valence-corrected chi connectivity index (χ4v) is 8.49. The van der Waals surface area contributed by atoms with Crippen LogP contribution in [-0.4, -0.2) is 149 Å². The van der Waals surface area contributed by atoms with Crippen molar-refractivity contribution in [3.8, 4) is 0 Å². The molecule has 0 aliphatic carbocycles. The second-order valence-electron chi connectivity index (χ2n) is 23.8. The Morgan fingerprint density at radius 2 is 0.409 bits per heavy atom. The third-order valence-electron chi connectivity index (χ3n) is 13.5. The number of carbonyl (C=O) groups excluding carboxylic acids is 8. The van der Waals surface area contributed by atoms with Gasteiger partial charge in [-0.05, 0) is 122 Å². The number of aliphatic carboxylic acids is 4. The molecule has 4 unspecified atom stereocenters. The van der Waals surface area contributed by atoms with E-state index in [1.54, 1.807) is 27.7 Å². The molecule has 25 nitrogen and oxygen atoms in total. The van der Waals surface area contributed by atoms with E-state index in [-0.39, 0.29) is 79.0 Å². The molecule has 4 aromatic carbocycles. The minimum Gasteiger partial charge on any atom is -0.480 e. The van der Waals surface area contributed by atoms with Crippen molar-refractivity contribution >= 4 is 71.1 Å².